The number of azo groups is 1. The minimum Gasteiger partial charge on any atom is -0.190 e. The summed E-state index contributed by atoms with van der Waals surface area (Å²) in [4.78, 5) is 0. The van der Waals surface area contributed by atoms with Gasteiger partial charge in [0.05, 0.1) is 11.6 Å². The van der Waals surface area contributed by atoms with Crippen LogP contribution >= 0.6 is 0 Å². The largest absolute Gasteiger partial charge is 0.190 e. The average Bonchev–Trinajstić information content (AvgIpc) is 2.34. The molecule has 1 spiro atoms. The van der Waals surface area contributed by atoms with Crippen molar-refractivity contribution in [1.82, 2.24) is 0 Å². The van der Waals surface area contributed by atoms with Gasteiger partial charge in [-0.3, -0.25) is 0 Å². The molecule has 0 N–H and O–H groups in total. The standard InChI is InChI=1S/C9H16N2/c1-8-7-9(11-10-8)5-3-2-4-6-9/h8H,2-7H2,1H3. The normalized spacial score (nSPS) is 34.8. The van der Waals surface area contributed by atoms with Crippen LogP contribution < -0.4 is 0 Å². The van der Waals surface area contributed by atoms with Gasteiger partial charge in [-0.15, -0.1) is 0 Å². The molecule has 2 heteroatoms. The van der Waals surface area contributed by atoms with Crippen molar-refractivity contribution >= 4 is 0 Å². The maximum Gasteiger partial charge on any atom is 0.0837 e. The van der Waals surface area contributed by atoms with E-state index in [0.29, 0.717) is 11.6 Å². The van der Waals surface area contributed by atoms with Gasteiger partial charge in [0.2, 0.25) is 0 Å². The molecule has 62 valence electrons. The zero-order valence-corrected chi connectivity index (χ0v) is 7.21. The van der Waals surface area contributed by atoms with Gasteiger partial charge in [-0.1, -0.05) is 19.3 Å². The van der Waals surface area contributed by atoms with Crippen molar-refractivity contribution in [3.8, 4) is 0 Å². The third kappa shape index (κ3) is 1.31. The summed E-state index contributed by atoms with van der Waals surface area (Å²) in [7, 11) is 0. The topological polar surface area (TPSA) is 24.7 Å². The van der Waals surface area contributed by atoms with Gasteiger partial charge in [0.1, 0.15) is 0 Å². The SMILES string of the molecule is CC1CC2(CCCCC2)N=N1. The first-order valence-corrected chi connectivity index (χ1v) is 4.73. The van der Waals surface area contributed by atoms with Crippen LogP contribution in [0.15, 0.2) is 10.2 Å². The molecular weight excluding hydrogens is 136 g/mol. The lowest BCUT2D eigenvalue weighted by Crippen LogP contribution is -2.28. The molecule has 1 aliphatic heterocycles. The van der Waals surface area contributed by atoms with Gasteiger partial charge in [0.15, 0.2) is 0 Å². The second kappa shape index (κ2) is 2.58. The van der Waals surface area contributed by atoms with Gasteiger partial charge >= 0.3 is 0 Å². The zero-order valence-electron chi connectivity index (χ0n) is 7.21. The highest BCUT2D eigenvalue weighted by Gasteiger charge is 2.37. The summed E-state index contributed by atoms with van der Waals surface area (Å²) < 4.78 is 0. The Hall–Kier alpha value is -0.400. The van der Waals surface area contributed by atoms with Gasteiger partial charge < -0.3 is 0 Å². The van der Waals surface area contributed by atoms with Gasteiger partial charge in [-0.05, 0) is 26.2 Å². The molecule has 0 aromatic rings. The Labute approximate surface area is 68.1 Å². The number of rotatable bonds is 0. The molecule has 0 aromatic heterocycles. The zero-order chi connectivity index (χ0) is 7.73. The maximum atomic E-state index is 4.43. The molecule has 1 unspecified atom stereocenters. The van der Waals surface area contributed by atoms with Crippen LogP contribution in [-0.2, 0) is 0 Å². The molecule has 2 rings (SSSR count). The van der Waals surface area contributed by atoms with Crippen LogP contribution in [0.4, 0.5) is 0 Å². The van der Waals surface area contributed by atoms with E-state index in [1.165, 1.54) is 38.5 Å². The van der Waals surface area contributed by atoms with Gasteiger partial charge in [0, 0.05) is 0 Å². The number of hydrogen-bond acceptors (Lipinski definition) is 2. The first-order valence-electron chi connectivity index (χ1n) is 4.73. The third-order valence-corrected chi connectivity index (χ3v) is 2.93. The lowest BCUT2D eigenvalue weighted by molar-refractivity contribution is 0.294. The molecule has 1 fully saturated rings. The van der Waals surface area contributed by atoms with E-state index in [-0.39, 0.29) is 0 Å². The molecule has 0 saturated heterocycles. The monoisotopic (exact) mass is 152 g/mol. The van der Waals surface area contributed by atoms with Crippen LogP contribution in [0.3, 0.4) is 0 Å². The fourth-order valence-electron chi connectivity index (χ4n) is 2.37. The molecule has 1 heterocycles. The van der Waals surface area contributed by atoms with E-state index in [0.717, 1.165) is 0 Å². The van der Waals surface area contributed by atoms with Crippen molar-refractivity contribution in [3.63, 3.8) is 0 Å². The Morgan fingerprint density at radius 1 is 1.18 bits per heavy atom. The fourth-order valence-corrected chi connectivity index (χ4v) is 2.37. The van der Waals surface area contributed by atoms with E-state index in [4.69, 9.17) is 0 Å². The number of nitrogens with zero attached hydrogens (tertiary/aromatic N) is 2. The summed E-state index contributed by atoms with van der Waals surface area (Å²) in [6.07, 6.45) is 7.94. The van der Waals surface area contributed by atoms with E-state index < -0.39 is 0 Å². The van der Waals surface area contributed by atoms with Crippen LogP contribution in [-0.4, -0.2) is 11.6 Å². The van der Waals surface area contributed by atoms with Crippen LogP contribution in [0.5, 0.6) is 0 Å². The molecule has 0 bridgehead atoms. The molecule has 2 aliphatic rings. The van der Waals surface area contributed by atoms with E-state index in [1.54, 1.807) is 0 Å². The molecule has 0 amide bonds. The molecular formula is C9H16N2. The quantitative estimate of drug-likeness (QED) is 0.510. The molecule has 1 aliphatic carbocycles. The first kappa shape index (κ1) is 7.26. The van der Waals surface area contributed by atoms with E-state index in [2.05, 4.69) is 17.2 Å². The second-order valence-electron chi connectivity index (χ2n) is 4.05. The Morgan fingerprint density at radius 2 is 1.91 bits per heavy atom. The van der Waals surface area contributed by atoms with Crippen LogP contribution in [0.2, 0.25) is 0 Å². The molecule has 0 radical (unpaired) electrons. The van der Waals surface area contributed by atoms with Gasteiger partial charge in [-0.25, -0.2) is 0 Å². The van der Waals surface area contributed by atoms with Crippen molar-refractivity contribution < 1.29 is 0 Å². The summed E-state index contributed by atoms with van der Waals surface area (Å²) in [5.41, 5.74) is 0.303. The predicted molar refractivity (Wildman–Crippen MR) is 44.8 cm³/mol. The smallest absolute Gasteiger partial charge is 0.0837 e. The Kier molecular flexibility index (Phi) is 1.70. The second-order valence-corrected chi connectivity index (χ2v) is 4.05. The Morgan fingerprint density at radius 3 is 2.45 bits per heavy atom. The molecule has 1 atom stereocenters. The minimum atomic E-state index is 0.303. The van der Waals surface area contributed by atoms with Crippen molar-refractivity contribution in [2.24, 2.45) is 10.2 Å². The van der Waals surface area contributed by atoms with Crippen LogP contribution in [0.25, 0.3) is 0 Å². The highest BCUT2D eigenvalue weighted by atomic mass is 15.2. The Bertz CT molecular complexity index is 168. The molecule has 11 heavy (non-hydrogen) atoms. The van der Waals surface area contributed by atoms with E-state index >= 15 is 0 Å². The van der Waals surface area contributed by atoms with Crippen molar-refractivity contribution in [1.29, 1.82) is 0 Å². The first-order chi connectivity index (χ1) is 5.31. The van der Waals surface area contributed by atoms with Crippen LogP contribution in [0, 0.1) is 0 Å². The van der Waals surface area contributed by atoms with Gasteiger partial charge in [0.25, 0.3) is 0 Å². The summed E-state index contributed by atoms with van der Waals surface area (Å²) >= 11 is 0. The van der Waals surface area contributed by atoms with E-state index in [1.807, 2.05) is 0 Å². The third-order valence-electron chi connectivity index (χ3n) is 2.93. The highest BCUT2D eigenvalue weighted by Crippen LogP contribution is 2.39. The van der Waals surface area contributed by atoms with Crippen molar-refractivity contribution in [3.05, 3.63) is 0 Å². The summed E-state index contributed by atoms with van der Waals surface area (Å²) in [5, 5.41) is 8.67. The van der Waals surface area contributed by atoms with Crippen molar-refractivity contribution in [2.75, 3.05) is 0 Å². The summed E-state index contributed by atoms with van der Waals surface area (Å²) in [5.74, 6) is 0. The minimum absolute atomic E-state index is 0.303. The Balaban J connectivity index is 2.05. The maximum absolute atomic E-state index is 4.43. The van der Waals surface area contributed by atoms with Gasteiger partial charge in [-0.2, -0.15) is 10.2 Å². The average molecular weight is 152 g/mol. The highest BCUT2D eigenvalue weighted by molar-refractivity contribution is 4.96. The number of hydrogen-bond donors (Lipinski definition) is 0. The lowest BCUT2D eigenvalue weighted by atomic mass is 9.79. The fraction of sp³-hybridized carbons (Fsp3) is 1.00. The summed E-state index contributed by atoms with van der Waals surface area (Å²) in [6.45, 7) is 2.17. The van der Waals surface area contributed by atoms with Crippen LogP contribution in [0.1, 0.15) is 45.4 Å². The molecule has 2 nitrogen and oxygen atoms in total. The molecule has 1 saturated carbocycles. The molecule has 0 aromatic carbocycles. The summed E-state index contributed by atoms with van der Waals surface area (Å²) in [6, 6.07) is 0.494. The lowest BCUT2D eigenvalue weighted by Gasteiger charge is -2.28. The predicted octanol–water partition coefficient (Wildman–Crippen LogP) is 2.93. The van der Waals surface area contributed by atoms with E-state index in [9.17, 15) is 0 Å². The van der Waals surface area contributed by atoms with Crippen molar-refractivity contribution in [2.45, 2.75) is 57.0 Å².